The van der Waals surface area contributed by atoms with Crippen molar-refractivity contribution in [3.8, 4) is 0 Å². The van der Waals surface area contributed by atoms with Gasteiger partial charge in [-0.25, -0.2) is 13.2 Å². The van der Waals surface area contributed by atoms with Gasteiger partial charge in [-0.3, -0.25) is 0 Å². The van der Waals surface area contributed by atoms with Crippen LogP contribution in [0.5, 0.6) is 0 Å². The number of hydrogen-bond acceptors (Lipinski definition) is 5. The fraction of sp³-hybridized carbons (Fsp3) is 0.632. The fourth-order valence-electron chi connectivity index (χ4n) is 2.87. The first kappa shape index (κ1) is 20.6. The summed E-state index contributed by atoms with van der Waals surface area (Å²) < 4.78 is 28.5. The molecule has 0 aliphatic carbocycles. The van der Waals surface area contributed by atoms with E-state index < -0.39 is 15.4 Å². The van der Waals surface area contributed by atoms with Crippen molar-refractivity contribution >= 4 is 21.6 Å². The van der Waals surface area contributed by atoms with Crippen molar-refractivity contribution in [1.29, 1.82) is 0 Å². The third kappa shape index (κ3) is 5.90. The quantitative estimate of drug-likeness (QED) is 0.862. The maximum absolute atomic E-state index is 12.2. The number of amides is 1. The zero-order valence-electron chi connectivity index (χ0n) is 16.3. The van der Waals surface area contributed by atoms with Crippen molar-refractivity contribution in [1.82, 2.24) is 4.90 Å². The summed E-state index contributed by atoms with van der Waals surface area (Å²) in [6, 6.07) is 6.81. The van der Waals surface area contributed by atoms with Crippen LogP contribution in [0.3, 0.4) is 0 Å². The summed E-state index contributed by atoms with van der Waals surface area (Å²) in [5, 5.41) is 3.39. The molecular weight excluding hydrogens is 352 g/mol. The molecule has 1 N–H and O–H groups in total. The van der Waals surface area contributed by atoms with Gasteiger partial charge in [0.15, 0.2) is 9.84 Å². The van der Waals surface area contributed by atoms with Gasteiger partial charge in [0.25, 0.3) is 0 Å². The molecule has 1 aliphatic rings. The number of rotatable bonds is 4. The van der Waals surface area contributed by atoms with Gasteiger partial charge in [-0.15, -0.1) is 0 Å². The van der Waals surface area contributed by atoms with E-state index in [4.69, 9.17) is 4.74 Å². The average molecular weight is 383 g/mol. The first-order chi connectivity index (χ1) is 11.9. The summed E-state index contributed by atoms with van der Waals surface area (Å²) in [5.41, 5.74) is 0.499. The molecule has 1 amide bonds. The number of sulfone groups is 1. The van der Waals surface area contributed by atoms with E-state index in [1.54, 1.807) is 29.2 Å². The lowest BCUT2D eigenvalue weighted by atomic mass is 9.80. The predicted octanol–water partition coefficient (Wildman–Crippen LogP) is 3.54. The second-order valence-electron chi connectivity index (χ2n) is 8.43. The van der Waals surface area contributed by atoms with Crippen molar-refractivity contribution in [2.75, 3.05) is 31.2 Å². The standard InChI is InChI=1S/C19H30N2O4S/c1-18(2,3)25-17(22)21-12-10-19(4,11-13-21)14-20-15-6-8-16(9-7-15)26(5,23)24/h6-9,20H,10-14H2,1-5H3. The van der Waals surface area contributed by atoms with Gasteiger partial charge in [-0.2, -0.15) is 0 Å². The Morgan fingerprint density at radius 3 is 2.19 bits per heavy atom. The van der Waals surface area contributed by atoms with Gasteiger partial charge in [0.1, 0.15) is 5.60 Å². The maximum atomic E-state index is 12.2. The van der Waals surface area contributed by atoms with Crippen LogP contribution in [-0.2, 0) is 14.6 Å². The van der Waals surface area contributed by atoms with Crippen molar-refractivity contribution in [2.24, 2.45) is 5.41 Å². The third-order valence-electron chi connectivity index (χ3n) is 4.62. The van der Waals surface area contributed by atoms with Crippen molar-refractivity contribution < 1.29 is 17.9 Å². The van der Waals surface area contributed by atoms with Gasteiger partial charge in [0, 0.05) is 31.6 Å². The first-order valence-electron chi connectivity index (χ1n) is 8.90. The highest BCUT2D eigenvalue weighted by molar-refractivity contribution is 7.90. The molecule has 1 aromatic carbocycles. The van der Waals surface area contributed by atoms with E-state index in [2.05, 4.69) is 12.2 Å². The monoisotopic (exact) mass is 382 g/mol. The zero-order chi connectivity index (χ0) is 19.6. The molecule has 1 heterocycles. The number of ether oxygens (including phenoxy) is 1. The van der Waals surface area contributed by atoms with Gasteiger partial charge in [-0.1, -0.05) is 6.92 Å². The molecule has 0 spiro atoms. The van der Waals surface area contributed by atoms with Crippen molar-refractivity contribution in [2.45, 2.75) is 51.0 Å². The summed E-state index contributed by atoms with van der Waals surface area (Å²) in [6.07, 6.45) is 2.74. The summed E-state index contributed by atoms with van der Waals surface area (Å²) in [6.45, 7) is 9.96. The minimum absolute atomic E-state index is 0.0774. The van der Waals surface area contributed by atoms with Crippen LogP contribution < -0.4 is 5.32 Å². The summed E-state index contributed by atoms with van der Waals surface area (Å²) in [7, 11) is -3.17. The van der Waals surface area contributed by atoms with Gasteiger partial charge >= 0.3 is 6.09 Å². The Kier molecular flexibility index (Phi) is 5.90. The van der Waals surface area contributed by atoms with E-state index in [1.807, 2.05) is 20.8 Å². The van der Waals surface area contributed by atoms with E-state index >= 15 is 0 Å². The van der Waals surface area contributed by atoms with Crippen LogP contribution in [-0.4, -0.2) is 50.9 Å². The van der Waals surface area contributed by atoms with Gasteiger partial charge in [0.2, 0.25) is 0 Å². The molecule has 0 unspecified atom stereocenters. The maximum Gasteiger partial charge on any atom is 0.410 e. The molecule has 146 valence electrons. The van der Waals surface area contributed by atoms with Gasteiger partial charge in [0.05, 0.1) is 4.90 Å². The van der Waals surface area contributed by atoms with E-state index in [1.165, 1.54) is 6.26 Å². The molecule has 0 saturated carbocycles. The molecule has 1 fully saturated rings. The second kappa shape index (κ2) is 7.47. The van der Waals surface area contributed by atoms with Crippen molar-refractivity contribution in [3.05, 3.63) is 24.3 Å². The van der Waals surface area contributed by atoms with Crippen LogP contribution in [0, 0.1) is 5.41 Å². The molecule has 1 aromatic rings. The van der Waals surface area contributed by atoms with Crippen LogP contribution in [0.2, 0.25) is 0 Å². The van der Waals surface area contributed by atoms with Gasteiger partial charge < -0.3 is 15.0 Å². The number of anilines is 1. The molecule has 0 bridgehead atoms. The number of nitrogens with one attached hydrogen (secondary N) is 1. The molecule has 1 aliphatic heterocycles. The van der Waals surface area contributed by atoms with Crippen LogP contribution in [0.4, 0.5) is 10.5 Å². The van der Waals surface area contributed by atoms with Crippen molar-refractivity contribution in [3.63, 3.8) is 0 Å². The lowest BCUT2D eigenvalue weighted by Gasteiger charge is -2.40. The number of piperidine rings is 1. The van der Waals surface area contributed by atoms with Gasteiger partial charge in [-0.05, 0) is 63.3 Å². The molecule has 2 rings (SSSR count). The molecule has 0 radical (unpaired) electrons. The number of carbonyl (C=O) groups is 1. The van der Waals surface area contributed by atoms with E-state index in [9.17, 15) is 13.2 Å². The third-order valence-corrected chi connectivity index (χ3v) is 5.75. The Morgan fingerprint density at radius 2 is 1.73 bits per heavy atom. The van der Waals surface area contributed by atoms with Crippen LogP contribution >= 0.6 is 0 Å². The normalized spacial score (nSPS) is 17.7. The topological polar surface area (TPSA) is 75.7 Å². The second-order valence-corrected chi connectivity index (χ2v) is 10.4. The molecule has 0 atom stereocenters. The lowest BCUT2D eigenvalue weighted by Crippen LogP contribution is -2.46. The highest BCUT2D eigenvalue weighted by atomic mass is 32.2. The largest absolute Gasteiger partial charge is 0.444 e. The van der Waals surface area contributed by atoms with E-state index in [0.717, 1.165) is 25.1 Å². The first-order valence-corrected chi connectivity index (χ1v) is 10.8. The van der Waals surface area contributed by atoms with E-state index in [-0.39, 0.29) is 11.5 Å². The zero-order valence-corrected chi connectivity index (χ0v) is 17.1. The number of benzene rings is 1. The van der Waals surface area contributed by atoms with Crippen LogP contribution in [0.15, 0.2) is 29.2 Å². The van der Waals surface area contributed by atoms with Crippen LogP contribution in [0.25, 0.3) is 0 Å². The summed E-state index contributed by atoms with van der Waals surface area (Å²) >= 11 is 0. The number of hydrogen-bond donors (Lipinski definition) is 1. The number of likely N-dealkylation sites (tertiary alicyclic amines) is 1. The Morgan fingerprint density at radius 1 is 1.19 bits per heavy atom. The molecule has 6 nitrogen and oxygen atoms in total. The predicted molar refractivity (Wildman–Crippen MR) is 103 cm³/mol. The van der Waals surface area contributed by atoms with Crippen LogP contribution in [0.1, 0.15) is 40.5 Å². The Hall–Kier alpha value is -1.76. The molecular formula is C19H30N2O4S. The molecule has 26 heavy (non-hydrogen) atoms. The average Bonchev–Trinajstić information content (AvgIpc) is 2.51. The highest BCUT2D eigenvalue weighted by Crippen LogP contribution is 2.32. The minimum atomic E-state index is -3.17. The smallest absolute Gasteiger partial charge is 0.410 e. The molecule has 7 heteroatoms. The molecule has 0 aromatic heterocycles. The van der Waals surface area contributed by atoms with E-state index in [0.29, 0.717) is 18.0 Å². The number of nitrogens with zero attached hydrogens (tertiary/aromatic N) is 1. The SMILES string of the molecule is CC1(CNc2ccc(S(C)(=O)=O)cc2)CCN(C(=O)OC(C)(C)C)CC1. The Bertz CT molecular complexity index is 728. The molecule has 1 saturated heterocycles. The summed E-state index contributed by atoms with van der Waals surface area (Å²) in [5.74, 6) is 0. The highest BCUT2D eigenvalue weighted by Gasteiger charge is 2.33. The lowest BCUT2D eigenvalue weighted by molar-refractivity contribution is 0.0130. The fourth-order valence-corrected chi connectivity index (χ4v) is 3.50. The number of carbonyl (C=O) groups excluding carboxylic acids is 1. The Labute approximate surface area is 156 Å². The summed E-state index contributed by atoms with van der Waals surface area (Å²) in [4.78, 5) is 14.2. The minimum Gasteiger partial charge on any atom is -0.444 e. The Balaban J connectivity index is 1.86.